The molecule has 0 unspecified atom stereocenters. The Hall–Kier alpha value is -3.28. The number of likely N-dealkylation sites (N-methyl/N-ethyl adjacent to an activating group) is 1. The lowest BCUT2D eigenvalue weighted by molar-refractivity contribution is -0.127. The Morgan fingerprint density at radius 1 is 1.19 bits per heavy atom. The van der Waals surface area contributed by atoms with Crippen LogP contribution in [0.15, 0.2) is 65.2 Å². The van der Waals surface area contributed by atoms with Gasteiger partial charge in [0.1, 0.15) is 5.75 Å². The van der Waals surface area contributed by atoms with E-state index in [-0.39, 0.29) is 5.91 Å². The molecule has 26 heavy (non-hydrogen) atoms. The fourth-order valence-corrected chi connectivity index (χ4v) is 3.04. The van der Waals surface area contributed by atoms with Crippen molar-refractivity contribution in [3.63, 3.8) is 0 Å². The molecular formula is C20H19N3O3. The minimum atomic E-state index is -0.571. The van der Waals surface area contributed by atoms with Gasteiger partial charge in [-0.05, 0) is 12.1 Å². The second-order valence-electron chi connectivity index (χ2n) is 6.05. The highest BCUT2D eigenvalue weighted by atomic mass is 16.5. The minimum Gasteiger partial charge on any atom is -0.477 e. The number of aromatic nitrogens is 1. The van der Waals surface area contributed by atoms with Crippen molar-refractivity contribution < 1.29 is 13.9 Å². The van der Waals surface area contributed by atoms with E-state index in [9.17, 15) is 4.79 Å². The second-order valence-corrected chi connectivity index (χ2v) is 6.05. The standard InChI is InChI=1S/C20H19N3O3/c1-21-20(24)18-12-23(15-9-5-6-10-16(15)25-18)13-19-22-11-17(26-19)14-7-3-2-4-8-14/h2-11,18H,12-13H2,1H3,(H,21,24)/t18-/m1/s1. The number of fused-ring (bicyclic) bond motifs is 1. The molecule has 1 N–H and O–H groups in total. The lowest BCUT2D eigenvalue weighted by Gasteiger charge is -2.34. The molecule has 2 heterocycles. The van der Waals surface area contributed by atoms with Crippen LogP contribution in [0, 0.1) is 0 Å². The summed E-state index contributed by atoms with van der Waals surface area (Å²) in [6, 6.07) is 17.5. The van der Waals surface area contributed by atoms with Gasteiger partial charge in [-0.25, -0.2) is 4.98 Å². The van der Waals surface area contributed by atoms with Gasteiger partial charge < -0.3 is 19.4 Å². The smallest absolute Gasteiger partial charge is 0.262 e. The summed E-state index contributed by atoms with van der Waals surface area (Å²) >= 11 is 0. The van der Waals surface area contributed by atoms with E-state index in [2.05, 4.69) is 15.2 Å². The molecule has 0 radical (unpaired) electrons. The van der Waals surface area contributed by atoms with Crippen molar-refractivity contribution in [3.8, 4) is 17.1 Å². The Kier molecular flexibility index (Phi) is 4.31. The van der Waals surface area contributed by atoms with Crippen LogP contribution in [-0.2, 0) is 11.3 Å². The summed E-state index contributed by atoms with van der Waals surface area (Å²) < 4.78 is 11.7. The predicted octanol–water partition coefficient (Wildman–Crippen LogP) is 2.86. The van der Waals surface area contributed by atoms with Crippen LogP contribution in [-0.4, -0.2) is 30.6 Å². The molecular weight excluding hydrogens is 330 g/mol. The Labute approximate surface area is 151 Å². The van der Waals surface area contributed by atoms with E-state index in [0.717, 1.165) is 17.0 Å². The number of hydrogen-bond acceptors (Lipinski definition) is 5. The molecule has 0 aliphatic carbocycles. The van der Waals surface area contributed by atoms with Crippen molar-refractivity contribution >= 4 is 11.6 Å². The van der Waals surface area contributed by atoms with E-state index in [1.54, 1.807) is 13.2 Å². The number of benzene rings is 2. The highest BCUT2D eigenvalue weighted by Gasteiger charge is 2.30. The monoisotopic (exact) mass is 349 g/mol. The van der Waals surface area contributed by atoms with Gasteiger partial charge >= 0.3 is 0 Å². The summed E-state index contributed by atoms with van der Waals surface area (Å²) in [5, 5.41) is 2.65. The van der Waals surface area contributed by atoms with Gasteiger partial charge in [-0.15, -0.1) is 0 Å². The minimum absolute atomic E-state index is 0.151. The normalized spacial score (nSPS) is 15.9. The first-order valence-electron chi connectivity index (χ1n) is 8.47. The molecule has 0 spiro atoms. The summed E-state index contributed by atoms with van der Waals surface area (Å²) in [6.45, 7) is 0.889. The van der Waals surface area contributed by atoms with Gasteiger partial charge in [-0.3, -0.25) is 4.79 Å². The Morgan fingerprint density at radius 2 is 1.96 bits per heavy atom. The molecule has 0 fully saturated rings. The summed E-state index contributed by atoms with van der Waals surface area (Å²) in [5.74, 6) is 1.85. The van der Waals surface area contributed by atoms with Crippen LogP contribution in [0.5, 0.6) is 5.75 Å². The SMILES string of the molecule is CNC(=O)[C@H]1CN(Cc2ncc(-c3ccccc3)o2)c2ccccc2O1. The fraction of sp³-hybridized carbons (Fsp3) is 0.200. The number of nitrogens with zero attached hydrogens (tertiary/aromatic N) is 2. The van der Waals surface area contributed by atoms with Crippen molar-refractivity contribution in [1.29, 1.82) is 0 Å². The highest BCUT2D eigenvalue weighted by Crippen LogP contribution is 2.34. The van der Waals surface area contributed by atoms with Crippen molar-refractivity contribution in [2.24, 2.45) is 0 Å². The lowest BCUT2D eigenvalue weighted by Crippen LogP contribution is -2.47. The molecule has 6 nitrogen and oxygen atoms in total. The predicted molar refractivity (Wildman–Crippen MR) is 97.9 cm³/mol. The molecule has 132 valence electrons. The maximum absolute atomic E-state index is 12.1. The second kappa shape index (κ2) is 6.92. The zero-order valence-electron chi connectivity index (χ0n) is 14.4. The van der Waals surface area contributed by atoms with E-state index >= 15 is 0 Å². The number of carbonyl (C=O) groups excluding carboxylic acids is 1. The third-order valence-electron chi connectivity index (χ3n) is 4.34. The maximum atomic E-state index is 12.1. The van der Waals surface area contributed by atoms with E-state index in [1.807, 2.05) is 54.6 Å². The molecule has 4 rings (SSSR count). The summed E-state index contributed by atoms with van der Waals surface area (Å²) in [6.07, 6.45) is 1.16. The van der Waals surface area contributed by atoms with Gasteiger partial charge in [-0.1, -0.05) is 42.5 Å². The summed E-state index contributed by atoms with van der Waals surface area (Å²) in [5.41, 5.74) is 1.91. The fourth-order valence-electron chi connectivity index (χ4n) is 3.04. The van der Waals surface area contributed by atoms with Crippen molar-refractivity contribution in [3.05, 3.63) is 66.7 Å². The molecule has 3 aromatic rings. The van der Waals surface area contributed by atoms with Crippen LogP contribution in [0.25, 0.3) is 11.3 Å². The van der Waals surface area contributed by atoms with Gasteiger partial charge in [-0.2, -0.15) is 0 Å². The third kappa shape index (κ3) is 3.13. The van der Waals surface area contributed by atoms with Gasteiger partial charge in [0, 0.05) is 12.6 Å². The lowest BCUT2D eigenvalue weighted by atomic mass is 10.2. The van der Waals surface area contributed by atoms with E-state index in [0.29, 0.717) is 24.7 Å². The van der Waals surface area contributed by atoms with Gasteiger partial charge in [0.25, 0.3) is 5.91 Å². The molecule has 1 aliphatic rings. The molecule has 1 atom stereocenters. The summed E-state index contributed by atoms with van der Waals surface area (Å²) in [7, 11) is 1.61. The Morgan fingerprint density at radius 3 is 2.77 bits per heavy atom. The number of carbonyl (C=O) groups is 1. The number of anilines is 1. The van der Waals surface area contributed by atoms with Crippen LogP contribution >= 0.6 is 0 Å². The summed E-state index contributed by atoms with van der Waals surface area (Å²) in [4.78, 5) is 18.5. The molecule has 0 saturated heterocycles. The van der Waals surface area contributed by atoms with Gasteiger partial charge in [0.05, 0.1) is 25.0 Å². The molecule has 1 amide bonds. The third-order valence-corrected chi connectivity index (χ3v) is 4.34. The number of oxazole rings is 1. The van der Waals surface area contributed by atoms with Gasteiger partial charge in [0.2, 0.25) is 5.89 Å². The van der Waals surface area contributed by atoms with E-state index < -0.39 is 6.10 Å². The first-order valence-corrected chi connectivity index (χ1v) is 8.47. The first kappa shape index (κ1) is 16.2. The van der Waals surface area contributed by atoms with Crippen LogP contribution in [0.1, 0.15) is 5.89 Å². The zero-order valence-corrected chi connectivity index (χ0v) is 14.4. The molecule has 1 aromatic heterocycles. The largest absolute Gasteiger partial charge is 0.477 e. The van der Waals surface area contributed by atoms with E-state index in [4.69, 9.17) is 9.15 Å². The van der Waals surface area contributed by atoms with Crippen LogP contribution in [0.4, 0.5) is 5.69 Å². The first-order chi connectivity index (χ1) is 12.7. The highest BCUT2D eigenvalue weighted by molar-refractivity contribution is 5.83. The van der Waals surface area contributed by atoms with Crippen molar-refractivity contribution in [1.82, 2.24) is 10.3 Å². The molecule has 6 heteroatoms. The quantitative estimate of drug-likeness (QED) is 0.784. The molecule has 0 bridgehead atoms. The number of para-hydroxylation sites is 2. The Bertz CT molecular complexity index is 907. The average Bonchev–Trinajstić information content (AvgIpc) is 3.16. The number of ether oxygens (including phenoxy) is 1. The molecule has 1 aliphatic heterocycles. The van der Waals surface area contributed by atoms with Crippen LogP contribution in [0.3, 0.4) is 0 Å². The van der Waals surface area contributed by atoms with Crippen LogP contribution < -0.4 is 15.0 Å². The van der Waals surface area contributed by atoms with Crippen LogP contribution in [0.2, 0.25) is 0 Å². The molecule has 0 saturated carbocycles. The van der Waals surface area contributed by atoms with Crippen molar-refractivity contribution in [2.45, 2.75) is 12.6 Å². The van der Waals surface area contributed by atoms with Gasteiger partial charge in [0.15, 0.2) is 11.9 Å². The average molecular weight is 349 g/mol. The number of amides is 1. The number of rotatable bonds is 4. The van der Waals surface area contributed by atoms with E-state index in [1.165, 1.54) is 0 Å². The topological polar surface area (TPSA) is 67.6 Å². The maximum Gasteiger partial charge on any atom is 0.262 e. The molecule has 2 aromatic carbocycles. The number of hydrogen-bond donors (Lipinski definition) is 1. The number of nitrogens with one attached hydrogen (secondary N) is 1. The Balaban J connectivity index is 1.59. The zero-order chi connectivity index (χ0) is 17.9. The van der Waals surface area contributed by atoms with Crippen molar-refractivity contribution in [2.75, 3.05) is 18.5 Å².